The van der Waals surface area contributed by atoms with E-state index in [0.717, 1.165) is 36.2 Å². The van der Waals surface area contributed by atoms with E-state index in [1.54, 1.807) is 12.3 Å². The molecule has 3 nitrogen and oxygen atoms in total. The van der Waals surface area contributed by atoms with Gasteiger partial charge in [0.05, 0.1) is 0 Å². The fourth-order valence-electron chi connectivity index (χ4n) is 1.58. The Hall–Kier alpha value is -1.38. The number of carbonyl (C=O) groups is 1. The molecule has 1 aliphatic heterocycles. The first-order valence-corrected chi connectivity index (χ1v) is 3.97. The van der Waals surface area contributed by atoms with Crippen molar-refractivity contribution >= 4 is 12.1 Å². The Bertz CT molecular complexity index is 322. The molecule has 0 N–H and O–H groups in total. The summed E-state index contributed by atoms with van der Waals surface area (Å²) < 4.78 is 0. The number of carbonyl (C=O) groups excluding carboxylic acids is 1. The van der Waals surface area contributed by atoms with Crippen LogP contribution in [0.25, 0.3) is 0 Å². The van der Waals surface area contributed by atoms with Crippen LogP contribution >= 0.6 is 0 Å². The van der Waals surface area contributed by atoms with E-state index in [2.05, 4.69) is 9.88 Å². The number of fused-ring (bicyclic) bond motifs is 1. The highest BCUT2D eigenvalue weighted by molar-refractivity contribution is 5.80. The third-order valence-corrected chi connectivity index (χ3v) is 2.26. The summed E-state index contributed by atoms with van der Waals surface area (Å²) in [5, 5.41) is 0. The van der Waals surface area contributed by atoms with E-state index in [1.807, 2.05) is 7.05 Å². The Morgan fingerprint density at radius 1 is 1.67 bits per heavy atom. The number of likely N-dealkylation sites (N-methyl/N-ethyl adjacent to an activating group) is 1. The molecule has 62 valence electrons. The van der Waals surface area contributed by atoms with Gasteiger partial charge in [0.15, 0.2) is 6.29 Å². The number of nitrogens with zero attached hydrogens (tertiary/aromatic N) is 2. The summed E-state index contributed by atoms with van der Waals surface area (Å²) in [7, 11) is 1.99. The molecule has 1 aliphatic rings. The molecule has 0 aromatic carbocycles. The second-order valence-corrected chi connectivity index (χ2v) is 2.99. The van der Waals surface area contributed by atoms with Gasteiger partial charge >= 0.3 is 0 Å². The summed E-state index contributed by atoms with van der Waals surface area (Å²) in [6.07, 6.45) is 3.53. The highest BCUT2D eigenvalue weighted by Gasteiger charge is 2.19. The number of anilines is 1. The predicted molar refractivity (Wildman–Crippen MR) is 46.6 cm³/mol. The Morgan fingerprint density at radius 3 is 3.25 bits per heavy atom. The van der Waals surface area contributed by atoms with E-state index in [9.17, 15) is 4.79 Å². The first kappa shape index (κ1) is 7.28. The number of pyridine rings is 1. The van der Waals surface area contributed by atoms with Gasteiger partial charge in [0.1, 0.15) is 5.82 Å². The van der Waals surface area contributed by atoms with Crippen molar-refractivity contribution in [2.24, 2.45) is 0 Å². The third kappa shape index (κ3) is 0.897. The van der Waals surface area contributed by atoms with Gasteiger partial charge in [-0.2, -0.15) is 0 Å². The average molecular weight is 162 g/mol. The summed E-state index contributed by atoms with van der Waals surface area (Å²) in [6, 6.07) is 1.77. The zero-order chi connectivity index (χ0) is 8.55. The van der Waals surface area contributed by atoms with Crippen LogP contribution in [0.15, 0.2) is 12.3 Å². The monoisotopic (exact) mass is 162 g/mol. The Balaban J connectivity index is 2.57. The molecular formula is C9H10N2O. The van der Waals surface area contributed by atoms with Crippen molar-refractivity contribution in [3.05, 3.63) is 23.4 Å². The molecule has 12 heavy (non-hydrogen) atoms. The third-order valence-electron chi connectivity index (χ3n) is 2.26. The minimum atomic E-state index is 0.782. The van der Waals surface area contributed by atoms with Crippen LogP contribution in [0.1, 0.15) is 15.9 Å². The van der Waals surface area contributed by atoms with E-state index >= 15 is 0 Å². The first-order chi connectivity index (χ1) is 5.83. The van der Waals surface area contributed by atoms with E-state index in [1.165, 1.54) is 0 Å². The largest absolute Gasteiger partial charge is 0.359 e. The summed E-state index contributed by atoms with van der Waals surface area (Å²) in [5.74, 6) is 0.958. The van der Waals surface area contributed by atoms with Crippen LogP contribution in [0.2, 0.25) is 0 Å². The molecule has 0 radical (unpaired) electrons. The zero-order valence-electron chi connectivity index (χ0n) is 6.95. The Labute approximate surface area is 71.0 Å². The van der Waals surface area contributed by atoms with Crippen LogP contribution in [0, 0.1) is 0 Å². The quantitative estimate of drug-likeness (QED) is 0.575. The molecular weight excluding hydrogens is 152 g/mol. The molecule has 1 aromatic heterocycles. The van der Waals surface area contributed by atoms with Gasteiger partial charge in [-0.25, -0.2) is 4.98 Å². The molecule has 0 spiro atoms. The number of rotatable bonds is 1. The molecule has 0 bridgehead atoms. The molecule has 0 atom stereocenters. The Morgan fingerprint density at radius 2 is 2.50 bits per heavy atom. The van der Waals surface area contributed by atoms with Gasteiger partial charge < -0.3 is 4.90 Å². The smallest absolute Gasteiger partial charge is 0.150 e. The van der Waals surface area contributed by atoms with Gasteiger partial charge in [-0.15, -0.1) is 0 Å². The number of hydrogen-bond acceptors (Lipinski definition) is 3. The first-order valence-electron chi connectivity index (χ1n) is 3.97. The predicted octanol–water partition coefficient (Wildman–Crippen LogP) is 0.886. The van der Waals surface area contributed by atoms with Crippen LogP contribution in [0.3, 0.4) is 0 Å². The summed E-state index contributed by atoms with van der Waals surface area (Å²) in [4.78, 5) is 16.9. The van der Waals surface area contributed by atoms with Crippen molar-refractivity contribution < 1.29 is 4.79 Å². The maximum absolute atomic E-state index is 10.6. The van der Waals surface area contributed by atoms with Gasteiger partial charge in [0.25, 0.3) is 0 Å². The maximum Gasteiger partial charge on any atom is 0.150 e. The molecule has 0 amide bonds. The van der Waals surface area contributed by atoms with E-state index in [0.29, 0.717) is 0 Å². The molecule has 3 heteroatoms. The SMILES string of the molecule is CN1CCc2c(C=O)ccnc21. The molecule has 0 saturated carbocycles. The van der Waals surface area contributed by atoms with Crippen molar-refractivity contribution in [2.45, 2.75) is 6.42 Å². The fourth-order valence-corrected chi connectivity index (χ4v) is 1.58. The molecule has 0 unspecified atom stereocenters. The lowest BCUT2D eigenvalue weighted by molar-refractivity contribution is 0.112. The van der Waals surface area contributed by atoms with Crippen LogP contribution in [-0.2, 0) is 6.42 Å². The van der Waals surface area contributed by atoms with E-state index < -0.39 is 0 Å². The van der Waals surface area contributed by atoms with Gasteiger partial charge in [0.2, 0.25) is 0 Å². The number of aldehydes is 1. The minimum Gasteiger partial charge on any atom is -0.359 e. The van der Waals surface area contributed by atoms with Crippen LogP contribution < -0.4 is 4.90 Å². The van der Waals surface area contributed by atoms with Crippen molar-refractivity contribution in [3.8, 4) is 0 Å². The van der Waals surface area contributed by atoms with E-state index in [-0.39, 0.29) is 0 Å². The van der Waals surface area contributed by atoms with Gasteiger partial charge in [-0.05, 0) is 12.5 Å². The van der Waals surface area contributed by atoms with Crippen LogP contribution in [0.5, 0.6) is 0 Å². The van der Waals surface area contributed by atoms with Gasteiger partial charge in [-0.1, -0.05) is 0 Å². The van der Waals surface area contributed by atoms with E-state index in [4.69, 9.17) is 0 Å². The molecule has 0 fully saturated rings. The molecule has 2 heterocycles. The number of hydrogen-bond donors (Lipinski definition) is 0. The fraction of sp³-hybridized carbons (Fsp3) is 0.333. The van der Waals surface area contributed by atoms with Crippen molar-refractivity contribution in [1.29, 1.82) is 0 Å². The van der Waals surface area contributed by atoms with Crippen LogP contribution in [-0.4, -0.2) is 24.9 Å². The lowest BCUT2D eigenvalue weighted by Crippen LogP contribution is -2.13. The zero-order valence-corrected chi connectivity index (χ0v) is 6.95. The molecule has 0 saturated heterocycles. The Kier molecular flexibility index (Phi) is 1.57. The van der Waals surface area contributed by atoms with Crippen LogP contribution in [0.4, 0.5) is 5.82 Å². The lowest BCUT2D eigenvalue weighted by Gasteiger charge is -2.09. The van der Waals surface area contributed by atoms with Crippen molar-refractivity contribution in [3.63, 3.8) is 0 Å². The second kappa shape index (κ2) is 2.59. The normalized spacial score (nSPS) is 14.6. The second-order valence-electron chi connectivity index (χ2n) is 2.99. The topological polar surface area (TPSA) is 33.2 Å². The van der Waals surface area contributed by atoms with Gasteiger partial charge in [-0.3, -0.25) is 4.79 Å². The highest BCUT2D eigenvalue weighted by Crippen LogP contribution is 2.25. The average Bonchev–Trinajstić information content (AvgIpc) is 2.48. The highest BCUT2D eigenvalue weighted by atomic mass is 16.1. The standard InChI is InChI=1S/C9H10N2O/c1-11-5-3-8-7(6-12)2-4-10-9(8)11/h2,4,6H,3,5H2,1H3. The minimum absolute atomic E-state index is 0.782. The maximum atomic E-state index is 10.6. The van der Waals surface area contributed by atoms with Gasteiger partial charge in [0, 0.05) is 30.9 Å². The summed E-state index contributed by atoms with van der Waals surface area (Å²) in [5.41, 5.74) is 1.87. The van der Waals surface area contributed by atoms with Crippen molar-refractivity contribution in [1.82, 2.24) is 4.98 Å². The molecule has 1 aromatic rings. The van der Waals surface area contributed by atoms with Crippen molar-refractivity contribution in [2.75, 3.05) is 18.5 Å². The number of aromatic nitrogens is 1. The lowest BCUT2D eigenvalue weighted by atomic mass is 10.1. The molecule has 2 rings (SSSR count). The summed E-state index contributed by atoms with van der Waals surface area (Å²) in [6.45, 7) is 0.965. The summed E-state index contributed by atoms with van der Waals surface area (Å²) >= 11 is 0. The molecule has 0 aliphatic carbocycles.